The summed E-state index contributed by atoms with van der Waals surface area (Å²) >= 11 is 0. The molecular weight excluding hydrogens is 290 g/mol. The number of rotatable bonds is 4. The molecule has 1 heterocycles. The van der Waals surface area contributed by atoms with Crippen LogP contribution >= 0.6 is 0 Å². The third-order valence-electron chi connectivity index (χ3n) is 4.33. The Kier molecular flexibility index (Phi) is 4.55. The van der Waals surface area contributed by atoms with Gasteiger partial charge in [-0.3, -0.25) is 4.79 Å². The number of benzene rings is 1. The van der Waals surface area contributed by atoms with Crippen LogP contribution in [0.25, 0.3) is 0 Å². The lowest BCUT2D eigenvalue weighted by Crippen LogP contribution is -2.36. The highest BCUT2D eigenvalue weighted by atomic mass is 16.2. The van der Waals surface area contributed by atoms with E-state index in [4.69, 9.17) is 0 Å². The first-order chi connectivity index (χ1) is 11.0. The van der Waals surface area contributed by atoms with Crippen molar-refractivity contribution in [2.45, 2.75) is 39.5 Å². The number of hydrogen-bond donors (Lipinski definition) is 2. The van der Waals surface area contributed by atoms with Gasteiger partial charge in [0.25, 0.3) is 0 Å². The Bertz CT molecular complexity index is 608. The number of nitrogens with zero attached hydrogens (tertiary/aromatic N) is 1. The zero-order valence-corrected chi connectivity index (χ0v) is 13.9. The summed E-state index contributed by atoms with van der Waals surface area (Å²) in [4.78, 5) is 26.3. The summed E-state index contributed by atoms with van der Waals surface area (Å²) in [5.74, 6) is 0.871. The molecule has 23 heavy (non-hydrogen) atoms. The van der Waals surface area contributed by atoms with Crippen LogP contribution in [0.3, 0.4) is 0 Å². The van der Waals surface area contributed by atoms with E-state index >= 15 is 0 Å². The molecule has 5 nitrogen and oxygen atoms in total. The molecule has 1 aliphatic carbocycles. The Labute approximate surface area is 137 Å². The summed E-state index contributed by atoms with van der Waals surface area (Å²) in [6, 6.07) is 5.68. The number of urea groups is 1. The first-order valence-corrected chi connectivity index (χ1v) is 8.53. The van der Waals surface area contributed by atoms with Crippen LogP contribution in [0.5, 0.6) is 0 Å². The van der Waals surface area contributed by atoms with E-state index in [2.05, 4.69) is 24.5 Å². The summed E-state index contributed by atoms with van der Waals surface area (Å²) in [6.45, 7) is 5.54. The van der Waals surface area contributed by atoms with Crippen molar-refractivity contribution >= 4 is 23.3 Å². The molecule has 1 aliphatic heterocycles. The van der Waals surface area contributed by atoms with E-state index in [9.17, 15) is 9.59 Å². The van der Waals surface area contributed by atoms with Crippen LogP contribution in [0.2, 0.25) is 0 Å². The molecule has 0 spiro atoms. The minimum absolute atomic E-state index is 0.200. The third-order valence-corrected chi connectivity index (χ3v) is 4.33. The topological polar surface area (TPSA) is 61.4 Å². The van der Waals surface area contributed by atoms with Gasteiger partial charge in [0, 0.05) is 30.4 Å². The lowest BCUT2D eigenvalue weighted by atomic mass is 10.0. The van der Waals surface area contributed by atoms with E-state index in [1.807, 2.05) is 23.1 Å². The highest BCUT2D eigenvalue weighted by Crippen LogP contribution is 2.36. The Hall–Kier alpha value is -2.04. The molecule has 3 amide bonds. The Morgan fingerprint density at radius 1 is 1.30 bits per heavy atom. The monoisotopic (exact) mass is 315 g/mol. The van der Waals surface area contributed by atoms with Gasteiger partial charge in [-0.05, 0) is 49.3 Å². The molecule has 1 fully saturated rings. The smallest absolute Gasteiger partial charge is 0.319 e. The minimum atomic E-state index is -0.200. The highest BCUT2D eigenvalue weighted by Gasteiger charge is 2.35. The highest BCUT2D eigenvalue weighted by molar-refractivity contribution is 5.98. The van der Waals surface area contributed by atoms with Crippen molar-refractivity contribution in [2.24, 2.45) is 11.8 Å². The molecular formula is C18H25N3O2. The molecule has 0 aromatic heterocycles. The second kappa shape index (κ2) is 6.60. The molecule has 124 valence electrons. The molecule has 0 saturated heterocycles. The van der Waals surface area contributed by atoms with E-state index in [1.54, 1.807) is 0 Å². The van der Waals surface area contributed by atoms with Crippen molar-refractivity contribution in [2.75, 3.05) is 23.3 Å². The lowest BCUT2D eigenvalue weighted by Gasteiger charge is -2.30. The van der Waals surface area contributed by atoms with Crippen molar-refractivity contribution in [1.29, 1.82) is 0 Å². The number of hydrogen-bond acceptors (Lipinski definition) is 2. The fourth-order valence-corrected chi connectivity index (χ4v) is 2.90. The van der Waals surface area contributed by atoms with Gasteiger partial charge >= 0.3 is 6.03 Å². The van der Waals surface area contributed by atoms with E-state index in [1.165, 1.54) is 5.56 Å². The molecule has 3 rings (SSSR count). The van der Waals surface area contributed by atoms with Crippen LogP contribution in [-0.2, 0) is 11.2 Å². The number of amides is 3. The molecule has 1 saturated carbocycles. The van der Waals surface area contributed by atoms with Gasteiger partial charge in [-0.15, -0.1) is 0 Å². The lowest BCUT2D eigenvalue weighted by molar-refractivity contribution is -0.119. The second-order valence-electron chi connectivity index (χ2n) is 6.94. The van der Waals surface area contributed by atoms with Gasteiger partial charge in [-0.2, -0.15) is 0 Å². The van der Waals surface area contributed by atoms with E-state index < -0.39 is 0 Å². The molecule has 1 aromatic rings. The SMILES string of the molecule is CC(C)CNC(=O)Nc1ccc2c(c1)N(C(=O)C1CC1)CCC2. The summed E-state index contributed by atoms with van der Waals surface area (Å²) in [6.07, 6.45) is 4.02. The molecule has 0 bridgehead atoms. The predicted molar refractivity (Wildman–Crippen MR) is 91.7 cm³/mol. The van der Waals surface area contributed by atoms with Crippen LogP contribution in [-0.4, -0.2) is 25.0 Å². The van der Waals surface area contributed by atoms with Crippen LogP contribution in [0, 0.1) is 11.8 Å². The van der Waals surface area contributed by atoms with Gasteiger partial charge in [0.15, 0.2) is 0 Å². The maximum Gasteiger partial charge on any atom is 0.319 e. The van der Waals surface area contributed by atoms with Crippen molar-refractivity contribution in [3.05, 3.63) is 23.8 Å². The first-order valence-electron chi connectivity index (χ1n) is 8.53. The van der Waals surface area contributed by atoms with Crippen LogP contribution < -0.4 is 15.5 Å². The second-order valence-corrected chi connectivity index (χ2v) is 6.94. The quantitative estimate of drug-likeness (QED) is 0.896. The van der Waals surface area contributed by atoms with Gasteiger partial charge in [0.2, 0.25) is 5.91 Å². The minimum Gasteiger partial charge on any atom is -0.338 e. The number of nitrogens with one attached hydrogen (secondary N) is 2. The Balaban J connectivity index is 1.73. The molecule has 5 heteroatoms. The predicted octanol–water partition coefficient (Wildman–Crippen LogP) is 3.15. The third kappa shape index (κ3) is 3.84. The maximum absolute atomic E-state index is 12.5. The number of anilines is 2. The summed E-state index contributed by atoms with van der Waals surface area (Å²) in [7, 11) is 0. The normalized spacial score (nSPS) is 16.9. The summed E-state index contributed by atoms with van der Waals surface area (Å²) < 4.78 is 0. The largest absolute Gasteiger partial charge is 0.338 e. The Morgan fingerprint density at radius 3 is 2.78 bits per heavy atom. The summed E-state index contributed by atoms with van der Waals surface area (Å²) in [5.41, 5.74) is 2.90. The number of fused-ring (bicyclic) bond motifs is 1. The number of carbonyl (C=O) groups excluding carboxylic acids is 2. The first kappa shape index (κ1) is 15.8. The van der Waals surface area contributed by atoms with Gasteiger partial charge < -0.3 is 15.5 Å². The zero-order valence-electron chi connectivity index (χ0n) is 13.9. The van der Waals surface area contributed by atoms with Crippen molar-refractivity contribution in [3.63, 3.8) is 0 Å². The van der Waals surface area contributed by atoms with Crippen molar-refractivity contribution in [3.8, 4) is 0 Å². The number of aryl methyl sites for hydroxylation is 1. The van der Waals surface area contributed by atoms with Crippen LogP contribution in [0.15, 0.2) is 18.2 Å². The van der Waals surface area contributed by atoms with E-state index in [0.29, 0.717) is 12.5 Å². The van der Waals surface area contributed by atoms with Crippen LogP contribution in [0.1, 0.15) is 38.7 Å². The number of carbonyl (C=O) groups is 2. The molecule has 1 aromatic carbocycles. The summed E-state index contributed by atoms with van der Waals surface area (Å²) in [5, 5.41) is 5.71. The average molecular weight is 315 g/mol. The fourth-order valence-electron chi connectivity index (χ4n) is 2.90. The molecule has 0 radical (unpaired) electrons. The molecule has 2 N–H and O–H groups in total. The average Bonchev–Trinajstić information content (AvgIpc) is 3.36. The molecule has 2 aliphatic rings. The van der Waals surface area contributed by atoms with E-state index in [0.717, 1.165) is 43.6 Å². The van der Waals surface area contributed by atoms with Gasteiger partial charge in [0.05, 0.1) is 0 Å². The van der Waals surface area contributed by atoms with Crippen molar-refractivity contribution < 1.29 is 9.59 Å². The zero-order chi connectivity index (χ0) is 16.4. The van der Waals surface area contributed by atoms with Crippen LogP contribution in [0.4, 0.5) is 16.2 Å². The fraction of sp³-hybridized carbons (Fsp3) is 0.556. The Morgan fingerprint density at radius 2 is 2.09 bits per heavy atom. The molecule has 0 unspecified atom stereocenters. The van der Waals surface area contributed by atoms with Gasteiger partial charge in [0.1, 0.15) is 0 Å². The maximum atomic E-state index is 12.5. The van der Waals surface area contributed by atoms with Gasteiger partial charge in [-0.25, -0.2) is 4.79 Å². The van der Waals surface area contributed by atoms with Gasteiger partial charge in [-0.1, -0.05) is 19.9 Å². The molecule has 0 atom stereocenters. The standard InChI is InChI=1S/C18H25N3O2/c1-12(2)11-19-18(23)20-15-8-7-13-4-3-9-21(16(13)10-15)17(22)14-5-6-14/h7-8,10,12,14H,3-6,9,11H2,1-2H3,(H2,19,20,23). The van der Waals surface area contributed by atoms with Crippen molar-refractivity contribution in [1.82, 2.24) is 5.32 Å². The van der Waals surface area contributed by atoms with E-state index in [-0.39, 0.29) is 17.9 Å².